The Bertz CT molecular complexity index is 585. The molecule has 5 heteroatoms. The van der Waals surface area contributed by atoms with Crippen LogP contribution in [0.5, 0.6) is 0 Å². The van der Waals surface area contributed by atoms with E-state index in [9.17, 15) is 9.59 Å². The second kappa shape index (κ2) is 8.08. The van der Waals surface area contributed by atoms with Gasteiger partial charge in [-0.2, -0.15) is 0 Å². The highest BCUT2D eigenvalue weighted by atomic mass is 16.5. The van der Waals surface area contributed by atoms with E-state index < -0.39 is 5.97 Å². The largest absolute Gasteiger partial charge is 0.465 e. The molecule has 0 heterocycles. The molecule has 0 atom stereocenters. The first-order chi connectivity index (χ1) is 9.99. The van der Waals surface area contributed by atoms with Gasteiger partial charge in [0.25, 0.3) is 5.91 Å². The molecule has 0 radical (unpaired) electrons. The molecule has 21 heavy (non-hydrogen) atoms. The lowest BCUT2D eigenvalue weighted by Gasteiger charge is -2.17. The maximum absolute atomic E-state index is 12.4. The van der Waals surface area contributed by atoms with Crippen molar-refractivity contribution < 1.29 is 14.3 Å². The van der Waals surface area contributed by atoms with Gasteiger partial charge >= 0.3 is 5.97 Å². The molecule has 0 aliphatic carbocycles. The van der Waals surface area contributed by atoms with Gasteiger partial charge in [0, 0.05) is 18.2 Å². The van der Waals surface area contributed by atoms with E-state index in [-0.39, 0.29) is 19.0 Å². The lowest BCUT2D eigenvalue weighted by atomic mass is 10.0. The van der Waals surface area contributed by atoms with E-state index in [1.165, 1.54) is 4.90 Å². The SMILES string of the molecule is CCOC(=O)CN(C)C(=O)c1cc(C#CCN)ccc1C. The molecule has 2 N–H and O–H groups in total. The summed E-state index contributed by atoms with van der Waals surface area (Å²) in [6, 6.07) is 5.37. The van der Waals surface area contributed by atoms with Gasteiger partial charge in [-0.05, 0) is 31.5 Å². The average molecular weight is 288 g/mol. The quantitative estimate of drug-likeness (QED) is 0.661. The van der Waals surface area contributed by atoms with Crippen LogP contribution in [0.2, 0.25) is 0 Å². The molecule has 1 rings (SSSR count). The zero-order chi connectivity index (χ0) is 15.8. The smallest absolute Gasteiger partial charge is 0.325 e. The molecule has 1 aromatic rings. The zero-order valence-electron chi connectivity index (χ0n) is 12.6. The Morgan fingerprint density at radius 3 is 2.71 bits per heavy atom. The van der Waals surface area contributed by atoms with Crippen molar-refractivity contribution >= 4 is 11.9 Å². The Morgan fingerprint density at radius 2 is 2.10 bits per heavy atom. The van der Waals surface area contributed by atoms with Gasteiger partial charge in [-0.25, -0.2) is 0 Å². The summed E-state index contributed by atoms with van der Waals surface area (Å²) in [4.78, 5) is 25.1. The minimum atomic E-state index is -0.426. The molecule has 0 bridgehead atoms. The van der Waals surface area contributed by atoms with Gasteiger partial charge in [0.05, 0.1) is 13.2 Å². The van der Waals surface area contributed by atoms with Crippen molar-refractivity contribution in [3.8, 4) is 11.8 Å². The first kappa shape index (κ1) is 16.7. The molecule has 1 aromatic carbocycles. The van der Waals surface area contributed by atoms with Crippen molar-refractivity contribution in [3.05, 3.63) is 34.9 Å². The predicted octanol–water partition coefficient (Wildman–Crippen LogP) is 0.940. The fourth-order valence-corrected chi connectivity index (χ4v) is 1.76. The number of nitrogens with zero attached hydrogens (tertiary/aromatic N) is 1. The first-order valence-corrected chi connectivity index (χ1v) is 6.70. The Balaban J connectivity index is 2.92. The number of ether oxygens (including phenoxy) is 1. The summed E-state index contributed by atoms with van der Waals surface area (Å²) in [6.45, 7) is 4.05. The van der Waals surface area contributed by atoms with Crippen molar-refractivity contribution in [2.45, 2.75) is 13.8 Å². The highest BCUT2D eigenvalue weighted by molar-refractivity contribution is 5.97. The lowest BCUT2D eigenvalue weighted by molar-refractivity contribution is -0.143. The Labute approximate surface area is 125 Å². The molecule has 0 aliphatic heterocycles. The van der Waals surface area contributed by atoms with E-state index >= 15 is 0 Å². The van der Waals surface area contributed by atoms with Crippen LogP contribution in [0.15, 0.2) is 18.2 Å². The number of benzene rings is 1. The fraction of sp³-hybridized carbons (Fsp3) is 0.375. The van der Waals surface area contributed by atoms with Crippen molar-refractivity contribution in [1.82, 2.24) is 4.90 Å². The molecule has 112 valence electrons. The topological polar surface area (TPSA) is 72.6 Å². The highest BCUT2D eigenvalue weighted by Crippen LogP contribution is 2.13. The van der Waals surface area contributed by atoms with E-state index in [0.29, 0.717) is 12.2 Å². The molecular weight excluding hydrogens is 268 g/mol. The van der Waals surface area contributed by atoms with Crippen LogP contribution < -0.4 is 5.73 Å². The normalized spacial score (nSPS) is 9.52. The monoisotopic (exact) mass is 288 g/mol. The van der Waals surface area contributed by atoms with E-state index in [4.69, 9.17) is 10.5 Å². The van der Waals surface area contributed by atoms with Gasteiger partial charge in [0.1, 0.15) is 6.54 Å². The molecule has 0 spiro atoms. The molecule has 0 unspecified atom stereocenters. The lowest BCUT2D eigenvalue weighted by Crippen LogP contribution is -2.33. The molecule has 0 fully saturated rings. The molecule has 5 nitrogen and oxygen atoms in total. The zero-order valence-corrected chi connectivity index (χ0v) is 12.6. The summed E-state index contributed by atoms with van der Waals surface area (Å²) in [5.41, 5.74) is 7.40. The third kappa shape index (κ3) is 4.93. The number of amides is 1. The highest BCUT2D eigenvalue weighted by Gasteiger charge is 2.17. The molecular formula is C16H20N2O3. The van der Waals surface area contributed by atoms with Crippen LogP contribution in [0, 0.1) is 18.8 Å². The number of carbonyl (C=O) groups excluding carboxylic acids is 2. The van der Waals surface area contributed by atoms with E-state index in [2.05, 4.69) is 11.8 Å². The van der Waals surface area contributed by atoms with Crippen LogP contribution in [-0.2, 0) is 9.53 Å². The van der Waals surface area contributed by atoms with E-state index in [1.807, 2.05) is 19.1 Å². The van der Waals surface area contributed by atoms with Crippen molar-refractivity contribution in [2.75, 3.05) is 26.7 Å². The van der Waals surface area contributed by atoms with Crippen LogP contribution in [0.1, 0.15) is 28.4 Å². The Hall–Kier alpha value is -2.32. The number of rotatable bonds is 4. The molecule has 1 amide bonds. The third-order valence-corrected chi connectivity index (χ3v) is 2.82. The number of likely N-dealkylation sites (N-methyl/N-ethyl adjacent to an activating group) is 1. The van der Waals surface area contributed by atoms with Gasteiger partial charge in [-0.3, -0.25) is 9.59 Å². The summed E-state index contributed by atoms with van der Waals surface area (Å²) < 4.78 is 4.84. The van der Waals surface area contributed by atoms with E-state index in [1.54, 1.807) is 20.0 Å². The second-order valence-corrected chi connectivity index (χ2v) is 4.50. The van der Waals surface area contributed by atoms with Crippen LogP contribution in [0.3, 0.4) is 0 Å². The van der Waals surface area contributed by atoms with Gasteiger partial charge in [-0.1, -0.05) is 17.9 Å². The van der Waals surface area contributed by atoms with Crippen molar-refractivity contribution in [3.63, 3.8) is 0 Å². The molecule has 0 aliphatic rings. The summed E-state index contributed by atoms with van der Waals surface area (Å²) in [5.74, 6) is 4.97. The van der Waals surface area contributed by atoms with Crippen LogP contribution >= 0.6 is 0 Å². The maximum Gasteiger partial charge on any atom is 0.325 e. The summed E-state index contributed by atoms with van der Waals surface area (Å²) in [6.07, 6.45) is 0. The van der Waals surface area contributed by atoms with Crippen LogP contribution in [0.25, 0.3) is 0 Å². The van der Waals surface area contributed by atoms with E-state index in [0.717, 1.165) is 11.1 Å². The van der Waals surface area contributed by atoms with Gasteiger partial charge in [-0.15, -0.1) is 0 Å². The molecule has 0 saturated carbocycles. The van der Waals surface area contributed by atoms with Crippen LogP contribution in [-0.4, -0.2) is 43.5 Å². The number of aryl methyl sites for hydroxylation is 1. The summed E-state index contributed by atoms with van der Waals surface area (Å²) >= 11 is 0. The van der Waals surface area contributed by atoms with Crippen molar-refractivity contribution in [2.24, 2.45) is 5.73 Å². The second-order valence-electron chi connectivity index (χ2n) is 4.50. The predicted molar refractivity (Wildman–Crippen MR) is 80.7 cm³/mol. The maximum atomic E-state index is 12.4. The number of hydrogen-bond donors (Lipinski definition) is 1. The van der Waals surface area contributed by atoms with Gasteiger partial charge < -0.3 is 15.4 Å². The average Bonchev–Trinajstić information content (AvgIpc) is 2.45. The fourth-order valence-electron chi connectivity index (χ4n) is 1.76. The Morgan fingerprint density at radius 1 is 1.38 bits per heavy atom. The summed E-state index contributed by atoms with van der Waals surface area (Å²) in [5, 5.41) is 0. The molecule has 0 saturated heterocycles. The van der Waals surface area contributed by atoms with Gasteiger partial charge in [0.2, 0.25) is 0 Å². The minimum Gasteiger partial charge on any atom is -0.465 e. The molecule has 0 aromatic heterocycles. The van der Waals surface area contributed by atoms with Crippen molar-refractivity contribution in [1.29, 1.82) is 0 Å². The van der Waals surface area contributed by atoms with Crippen LogP contribution in [0.4, 0.5) is 0 Å². The number of carbonyl (C=O) groups is 2. The van der Waals surface area contributed by atoms with Gasteiger partial charge in [0.15, 0.2) is 0 Å². The third-order valence-electron chi connectivity index (χ3n) is 2.82. The number of nitrogens with two attached hydrogens (primary N) is 1. The summed E-state index contributed by atoms with van der Waals surface area (Å²) in [7, 11) is 1.57. The number of esters is 1. The number of hydrogen-bond acceptors (Lipinski definition) is 4. The Kier molecular flexibility index (Phi) is 6.44. The standard InChI is InChI=1S/C16H20N2O3/c1-4-21-15(19)11-18(3)16(20)14-10-13(6-5-9-17)8-7-12(14)2/h7-8,10H,4,9,11,17H2,1-3H3. The first-order valence-electron chi connectivity index (χ1n) is 6.70. The minimum absolute atomic E-state index is 0.0786.